The van der Waals surface area contributed by atoms with Crippen LogP contribution in [0.4, 0.5) is 0 Å². The van der Waals surface area contributed by atoms with Crippen LogP contribution in [-0.4, -0.2) is 67.0 Å². The van der Waals surface area contributed by atoms with E-state index in [1.165, 1.54) is 24.6 Å². The van der Waals surface area contributed by atoms with Gasteiger partial charge in [0.2, 0.25) is 10.0 Å². The first-order valence-corrected chi connectivity index (χ1v) is 9.20. The van der Waals surface area contributed by atoms with E-state index in [9.17, 15) is 8.42 Å². The lowest BCUT2D eigenvalue weighted by atomic mass is 9.82. The summed E-state index contributed by atoms with van der Waals surface area (Å²) in [7, 11) is 1.03. The maximum absolute atomic E-state index is 13.0. The zero-order chi connectivity index (χ0) is 17.4. The molecule has 0 radical (unpaired) electrons. The Hall–Kier alpha value is -1.35. The van der Waals surface area contributed by atoms with Gasteiger partial charge < -0.3 is 18.9 Å². The summed E-state index contributed by atoms with van der Waals surface area (Å²) < 4.78 is 48.9. The molecule has 2 fully saturated rings. The predicted molar refractivity (Wildman–Crippen MR) is 86.9 cm³/mol. The zero-order valence-electron chi connectivity index (χ0n) is 14.1. The van der Waals surface area contributed by atoms with Crippen molar-refractivity contribution in [3.8, 4) is 11.5 Å². The number of hydrogen-bond acceptors (Lipinski definition) is 6. The Morgan fingerprint density at radius 3 is 2.67 bits per heavy atom. The molecule has 7 nitrogen and oxygen atoms in total. The van der Waals surface area contributed by atoms with Crippen molar-refractivity contribution in [2.45, 2.75) is 4.90 Å². The minimum atomic E-state index is -3.61. The fourth-order valence-corrected chi connectivity index (χ4v) is 5.18. The number of benzene rings is 1. The van der Waals surface area contributed by atoms with Gasteiger partial charge in [0.25, 0.3) is 0 Å². The van der Waals surface area contributed by atoms with E-state index in [0.717, 1.165) is 0 Å². The molecular weight excluding hydrogens is 334 g/mol. The minimum absolute atomic E-state index is 0.160. The first kappa shape index (κ1) is 17.5. The maximum Gasteiger partial charge on any atom is 0.243 e. The summed E-state index contributed by atoms with van der Waals surface area (Å²) in [5, 5.41) is 0. The summed E-state index contributed by atoms with van der Waals surface area (Å²) in [6.07, 6.45) is 0. The van der Waals surface area contributed by atoms with E-state index in [1.54, 1.807) is 19.2 Å². The second-order valence-corrected chi connectivity index (χ2v) is 8.26. The highest BCUT2D eigenvalue weighted by molar-refractivity contribution is 7.89. The van der Waals surface area contributed by atoms with Crippen LogP contribution < -0.4 is 9.47 Å². The van der Waals surface area contributed by atoms with Gasteiger partial charge in [-0.3, -0.25) is 0 Å². The smallest absolute Gasteiger partial charge is 0.243 e. The van der Waals surface area contributed by atoms with Crippen LogP contribution in [0.5, 0.6) is 11.5 Å². The molecule has 0 spiro atoms. The Bertz CT molecular complexity index is 707. The molecule has 134 valence electrons. The van der Waals surface area contributed by atoms with Crippen LogP contribution in [0.1, 0.15) is 0 Å². The van der Waals surface area contributed by atoms with Crippen LogP contribution in [0.2, 0.25) is 0 Å². The number of ether oxygens (including phenoxy) is 4. The van der Waals surface area contributed by atoms with Gasteiger partial charge in [-0.15, -0.1) is 0 Å². The third-order valence-electron chi connectivity index (χ3n) is 4.91. The van der Waals surface area contributed by atoms with Crippen LogP contribution in [0.15, 0.2) is 23.1 Å². The summed E-state index contributed by atoms with van der Waals surface area (Å²) in [6, 6.07) is 4.66. The van der Waals surface area contributed by atoms with Crippen molar-refractivity contribution in [2.24, 2.45) is 11.3 Å². The van der Waals surface area contributed by atoms with E-state index < -0.39 is 10.0 Å². The largest absolute Gasteiger partial charge is 0.493 e. The average Bonchev–Trinajstić information content (AvgIpc) is 3.11. The molecule has 0 amide bonds. The molecule has 0 N–H and O–H groups in total. The molecule has 1 aromatic carbocycles. The third-order valence-corrected chi connectivity index (χ3v) is 6.72. The number of methoxy groups -OCH3 is 3. The van der Waals surface area contributed by atoms with E-state index in [0.29, 0.717) is 44.4 Å². The molecule has 3 rings (SSSR count). The number of fused-ring (bicyclic) bond motifs is 1. The fraction of sp³-hybridized carbons (Fsp3) is 0.625. The minimum Gasteiger partial charge on any atom is -0.493 e. The molecule has 24 heavy (non-hydrogen) atoms. The normalized spacial score (nSPS) is 27.2. The van der Waals surface area contributed by atoms with E-state index in [-0.39, 0.29) is 16.2 Å². The number of nitrogens with zero attached hydrogens (tertiary/aromatic N) is 1. The second kappa shape index (κ2) is 6.51. The standard InChI is InChI=1S/C16H23NO6S/c1-20-10-16-9-17(7-12(16)8-23-11-16)24(18,19)13-4-5-14(21-2)15(6-13)22-3/h4-6,12H,7-11H2,1-3H3/t12-,16-/m0/s1. The molecule has 2 atom stereocenters. The van der Waals surface area contributed by atoms with Gasteiger partial charge in [0.05, 0.1) is 38.9 Å². The van der Waals surface area contributed by atoms with Gasteiger partial charge in [-0.05, 0) is 12.1 Å². The van der Waals surface area contributed by atoms with Crippen molar-refractivity contribution >= 4 is 10.0 Å². The Morgan fingerprint density at radius 1 is 1.25 bits per heavy atom. The lowest BCUT2D eigenvalue weighted by Gasteiger charge is -2.26. The molecule has 0 aliphatic carbocycles. The van der Waals surface area contributed by atoms with Crippen LogP contribution >= 0.6 is 0 Å². The third kappa shape index (κ3) is 2.77. The fourth-order valence-electron chi connectivity index (χ4n) is 3.58. The van der Waals surface area contributed by atoms with Gasteiger partial charge >= 0.3 is 0 Å². The molecule has 2 aliphatic heterocycles. The SMILES string of the molecule is COC[C@@]12COC[C@@H]1CN(S(=O)(=O)c1ccc(OC)c(OC)c1)C2. The lowest BCUT2D eigenvalue weighted by molar-refractivity contribution is 0.0601. The highest BCUT2D eigenvalue weighted by atomic mass is 32.2. The summed E-state index contributed by atoms with van der Waals surface area (Å²) >= 11 is 0. The summed E-state index contributed by atoms with van der Waals surface area (Å²) in [5.74, 6) is 1.05. The second-order valence-electron chi connectivity index (χ2n) is 6.32. The van der Waals surface area contributed by atoms with Crippen molar-refractivity contribution in [1.82, 2.24) is 4.31 Å². The monoisotopic (exact) mass is 357 g/mol. The molecule has 2 saturated heterocycles. The predicted octanol–water partition coefficient (Wildman–Crippen LogP) is 0.987. The van der Waals surface area contributed by atoms with Gasteiger partial charge in [-0.25, -0.2) is 8.42 Å². The van der Waals surface area contributed by atoms with E-state index >= 15 is 0 Å². The summed E-state index contributed by atoms with van der Waals surface area (Å²) in [5.41, 5.74) is -0.252. The molecule has 2 aliphatic rings. The average molecular weight is 357 g/mol. The molecular formula is C16H23NO6S. The van der Waals surface area contributed by atoms with Crippen molar-refractivity contribution in [1.29, 1.82) is 0 Å². The Balaban J connectivity index is 1.89. The molecule has 0 unspecified atom stereocenters. The lowest BCUT2D eigenvalue weighted by Crippen LogP contribution is -2.37. The highest BCUT2D eigenvalue weighted by Gasteiger charge is 2.53. The Labute approximate surface area is 142 Å². The van der Waals surface area contributed by atoms with Crippen molar-refractivity contribution < 1.29 is 27.4 Å². The van der Waals surface area contributed by atoms with Crippen molar-refractivity contribution in [2.75, 3.05) is 54.2 Å². The zero-order valence-corrected chi connectivity index (χ0v) is 15.0. The van der Waals surface area contributed by atoms with Gasteiger partial charge in [0.1, 0.15) is 0 Å². The maximum atomic E-state index is 13.0. The summed E-state index contributed by atoms with van der Waals surface area (Å²) in [4.78, 5) is 0.202. The number of hydrogen-bond donors (Lipinski definition) is 0. The molecule has 8 heteroatoms. The van der Waals surface area contributed by atoms with E-state index in [1.807, 2.05) is 0 Å². The summed E-state index contributed by atoms with van der Waals surface area (Å²) in [6.45, 7) is 2.45. The Kier molecular flexibility index (Phi) is 4.74. The molecule has 0 bridgehead atoms. The number of sulfonamides is 1. The first-order chi connectivity index (χ1) is 11.5. The van der Waals surface area contributed by atoms with Gasteiger partial charge in [0.15, 0.2) is 11.5 Å². The van der Waals surface area contributed by atoms with Gasteiger partial charge in [-0.1, -0.05) is 0 Å². The Morgan fingerprint density at radius 2 is 2.00 bits per heavy atom. The highest BCUT2D eigenvalue weighted by Crippen LogP contribution is 2.43. The van der Waals surface area contributed by atoms with Crippen molar-refractivity contribution in [3.63, 3.8) is 0 Å². The van der Waals surface area contributed by atoms with Crippen LogP contribution in [0, 0.1) is 11.3 Å². The van der Waals surface area contributed by atoms with Crippen LogP contribution in [0.25, 0.3) is 0 Å². The van der Waals surface area contributed by atoms with E-state index in [2.05, 4.69) is 0 Å². The molecule has 0 aromatic heterocycles. The molecule has 1 aromatic rings. The van der Waals surface area contributed by atoms with Crippen molar-refractivity contribution in [3.05, 3.63) is 18.2 Å². The van der Waals surface area contributed by atoms with Gasteiger partial charge in [-0.2, -0.15) is 4.31 Å². The topological polar surface area (TPSA) is 74.3 Å². The number of rotatable bonds is 6. The first-order valence-electron chi connectivity index (χ1n) is 7.76. The van der Waals surface area contributed by atoms with E-state index in [4.69, 9.17) is 18.9 Å². The van der Waals surface area contributed by atoms with Gasteiger partial charge in [0, 0.05) is 37.6 Å². The quantitative estimate of drug-likeness (QED) is 0.756. The van der Waals surface area contributed by atoms with Crippen LogP contribution in [0.3, 0.4) is 0 Å². The molecule has 2 heterocycles. The van der Waals surface area contributed by atoms with Crippen LogP contribution in [-0.2, 0) is 19.5 Å². The molecule has 0 saturated carbocycles.